The van der Waals surface area contributed by atoms with E-state index in [2.05, 4.69) is 37.9 Å². The quantitative estimate of drug-likeness (QED) is 0.699. The van der Waals surface area contributed by atoms with Gasteiger partial charge in [0.1, 0.15) is 5.82 Å². The fourth-order valence-electron chi connectivity index (χ4n) is 1.28. The van der Waals surface area contributed by atoms with E-state index < -0.39 is 0 Å². The summed E-state index contributed by atoms with van der Waals surface area (Å²) in [6.07, 6.45) is 0. The van der Waals surface area contributed by atoms with Crippen LogP contribution in [0.3, 0.4) is 0 Å². The number of hydrogen-bond donors (Lipinski definition) is 2. The lowest BCUT2D eigenvalue weighted by molar-refractivity contribution is 0.333. The first-order valence-electron chi connectivity index (χ1n) is 4.64. The predicted octanol–water partition coefficient (Wildman–Crippen LogP) is 2.45. The van der Waals surface area contributed by atoms with Gasteiger partial charge in [-0.05, 0) is 12.3 Å². The van der Waals surface area contributed by atoms with E-state index in [0.29, 0.717) is 11.7 Å². The minimum absolute atomic E-state index is 0.240. The molecule has 0 aliphatic heterocycles. The maximum absolute atomic E-state index is 5.68. The van der Waals surface area contributed by atoms with Crippen molar-refractivity contribution in [2.75, 3.05) is 5.73 Å². The highest BCUT2D eigenvalue weighted by molar-refractivity contribution is 5.42. The molecule has 1 atom stereocenters. The van der Waals surface area contributed by atoms with Crippen LogP contribution in [-0.2, 0) is 0 Å². The first-order valence-corrected chi connectivity index (χ1v) is 4.64. The van der Waals surface area contributed by atoms with Gasteiger partial charge in [0.15, 0.2) is 0 Å². The summed E-state index contributed by atoms with van der Waals surface area (Å²) in [4.78, 5) is 0. The van der Waals surface area contributed by atoms with Crippen LogP contribution in [0.15, 0.2) is 0 Å². The first kappa shape index (κ1) is 10.1. The van der Waals surface area contributed by atoms with E-state index in [1.54, 1.807) is 0 Å². The molecule has 3 heteroatoms. The van der Waals surface area contributed by atoms with E-state index in [9.17, 15) is 0 Å². The third-order valence-electron chi connectivity index (χ3n) is 2.82. The number of H-pyrrole nitrogens is 1. The average Bonchev–Trinajstić information content (AvgIpc) is 2.30. The number of aromatic nitrogens is 2. The second kappa shape index (κ2) is 3.05. The zero-order chi connectivity index (χ0) is 10.2. The number of aromatic amines is 1. The maximum Gasteiger partial charge on any atom is 0.148 e. The molecule has 0 aromatic carbocycles. The molecule has 13 heavy (non-hydrogen) atoms. The fraction of sp³-hybridized carbons (Fsp3) is 0.700. The highest BCUT2D eigenvalue weighted by Crippen LogP contribution is 2.35. The molecule has 74 valence electrons. The second-order valence-corrected chi connectivity index (χ2v) is 4.74. The molecule has 0 saturated carbocycles. The Morgan fingerprint density at radius 1 is 1.38 bits per heavy atom. The summed E-state index contributed by atoms with van der Waals surface area (Å²) in [6.45, 7) is 10.9. The van der Waals surface area contributed by atoms with Crippen LogP contribution in [0.2, 0.25) is 0 Å². The lowest BCUT2D eigenvalue weighted by Gasteiger charge is -2.26. The Morgan fingerprint density at radius 2 is 1.92 bits per heavy atom. The lowest BCUT2D eigenvalue weighted by Crippen LogP contribution is -2.16. The molecule has 3 N–H and O–H groups in total. The number of nitrogens with zero attached hydrogens (tertiary/aromatic N) is 1. The molecule has 0 aliphatic rings. The molecule has 0 saturated heterocycles. The molecule has 1 rings (SSSR count). The Kier molecular flexibility index (Phi) is 2.37. The third-order valence-corrected chi connectivity index (χ3v) is 2.82. The normalized spacial score (nSPS) is 14.5. The average molecular weight is 181 g/mol. The summed E-state index contributed by atoms with van der Waals surface area (Å²) < 4.78 is 0. The molecule has 1 heterocycles. The van der Waals surface area contributed by atoms with Crippen LogP contribution >= 0.6 is 0 Å². The number of nitrogens with two attached hydrogens (primary N) is 1. The van der Waals surface area contributed by atoms with Crippen LogP contribution in [-0.4, -0.2) is 10.2 Å². The Bertz CT molecular complexity index is 294. The molecule has 3 nitrogen and oxygen atoms in total. The first-order chi connectivity index (χ1) is 5.84. The van der Waals surface area contributed by atoms with Crippen molar-refractivity contribution in [1.82, 2.24) is 10.2 Å². The Labute approximate surface area is 79.7 Å². The molecule has 1 aromatic rings. The van der Waals surface area contributed by atoms with Gasteiger partial charge in [0.25, 0.3) is 0 Å². The Balaban J connectivity index is 3.02. The molecular weight excluding hydrogens is 162 g/mol. The zero-order valence-electron chi connectivity index (χ0n) is 9.10. The van der Waals surface area contributed by atoms with E-state index >= 15 is 0 Å². The molecule has 0 amide bonds. The standard InChI is InChI=1S/C10H19N3/c1-6-8(12-13-9(6)11)7(2)10(3,4)5/h7H,1-5H3,(H3,11,12,13). The zero-order valence-corrected chi connectivity index (χ0v) is 9.10. The molecular formula is C10H19N3. The van der Waals surface area contributed by atoms with Crippen molar-refractivity contribution < 1.29 is 0 Å². The number of nitrogen functional groups attached to an aromatic ring is 1. The largest absolute Gasteiger partial charge is 0.382 e. The Hall–Kier alpha value is -0.990. The van der Waals surface area contributed by atoms with Gasteiger partial charge in [-0.25, -0.2) is 0 Å². The van der Waals surface area contributed by atoms with Gasteiger partial charge in [-0.1, -0.05) is 27.7 Å². The number of hydrogen-bond acceptors (Lipinski definition) is 2. The van der Waals surface area contributed by atoms with Crippen molar-refractivity contribution in [2.24, 2.45) is 5.41 Å². The van der Waals surface area contributed by atoms with Crippen LogP contribution < -0.4 is 5.73 Å². The lowest BCUT2D eigenvalue weighted by atomic mass is 9.79. The van der Waals surface area contributed by atoms with Gasteiger partial charge in [-0.2, -0.15) is 5.10 Å². The molecule has 0 aliphatic carbocycles. The molecule has 0 spiro atoms. The van der Waals surface area contributed by atoms with E-state index in [4.69, 9.17) is 5.73 Å². The summed E-state index contributed by atoms with van der Waals surface area (Å²) in [5.41, 5.74) is 8.16. The molecule has 1 unspecified atom stereocenters. The van der Waals surface area contributed by atoms with Crippen molar-refractivity contribution >= 4 is 5.82 Å². The highest BCUT2D eigenvalue weighted by Gasteiger charge is 2.25. The monoisotopic (exact) mass is 181 g/mol. The van der Waals surface area contributed by atoms with Gasteiger partial charge in [-0.3, -0.25) is 5.10 Å². The number of anilines is 1. The fourth-order valence-corrected chi connectivity index (χ4v) is 1.28. The maximum atomic E-state index is 5.68. The number of nitrogens with one attached hydrogen (secondary N) is 1. The van der Waals surface area contributed by atoms with Crippen molar-refractivity contribution in [1.29, 1.82) is 0 Å². The van der Waals surface area contributed by atoms with Crippen LogP contribution in [0.4, 0.5) is 5.82 Å². The van der Waals surface area contributed by atoms with E-state index in [0.717, 1.165) is 11.3 Å². The second-order valence-electron chi connectivity index (χ2n) is 4.74. The van der Waals surface area contributed by atoms with E-state index in [-0.39, 0.29) is 5.41 Å². The van der Waals surface area contributed by atoms with E-state index in [1.807, 2.05) is 6.92 Å². The minimum Gasteiger partial charge on any atom is -0.382 e. The predicted molar refractivity (Wildman–Crippen MR) is 55.6 cm³/mol. The van der Waals surface area contributed by atoms with Gasteiger partial charge in [0.05, 0.1) is 0 Å². The van der Waals surface area contributed by atoms with Gasteiger partial charge in [0.2, 0.25) is 0 Å². The smallest absolute Gasteiger partial charge is 0.148 e. The van der Waals surface area contributed by atoms with Gasteiger partial charge in [-0.15, -0.1) is 0 Å². The summed E-state index contributed by atoms with van der Waals surface area (Å²) >= 11 is 0. The van der Waals surface area contributed by atoms with Gasteiger partial charge < -0.3 is 5.73 Å². The van der Waals surface area contributed by atoms with Crippen LogP contribution in [0.1, 0.15) is 44.9 Å². The summed E-state index contributed by atoms with van der Waals surface area (Å²) in [5, 5.41) is 7.01. The summed E-state index contributed by atoms with van der Waals surface area (Å²) in [5.74, 6) is 1.06. The van der Waals surface area contributed by atoms with Gasteiger partial charge in [0, 0.05) is 17.2 Å². The van der Waals surface area contributed by atoms with Crippen molar-refractivity contribution in [3.63, 3.8) is 0 Å². The van der Waals surface area contributed by atoms with Crippen molar-refractivity contribution in [2.45, 2.75) is 40.5 Å². The van der Waals surface area contributed by atoms with E-state index in [1.165, 1.54) is 0 Å². The van der Waals surface area contributed by atoms with Crippen molar-refractivity contribution in [3.05, 3.63) is 11.3 Å². The summed E-state index contributed by atoms with van der Waals surface area (Å²) in [6, 6.07) is 0. The number of rotatable bonds is 1. The van der Waals surface area contributed by atoms with Gasteiger partial charge >= 0.3 is 0 Å². The van der Waals surface area contributed by atoms with Crippen LogP contribution in [0, 0.1) is 12.3 Å². The molecule has 0 bridgehead atoms. The molecule has 1 aromatic heterocycles. The third kappa shape index (κ3) is 1.85. The molecule has 0 fully saturated rings. The SMILES string of the molecule is Cc1c(N)n[nH]c1C(C)C(C)(C)C. The topological polar surface area (TPSA) is 54.7 Å². The van der Waals surface area contributed by atoms with Crippen molar-refractivity contribution in [3.8, 4) is 0 Å². The minimum atomic E-state index is 0.240. The highest BCUT2D eigenvalue weighted by atomic mass is 15.2. The Morgan fingerprint density at radius 3 is 2.23 bits per heavy atom. The summed E-state index contributed by atoms with van der Waals surface area (Å²) in [7, 11) is 0. The van der Waals surface area contributed by atoms with Crippen LogP contribution in [0.25, 0.3) is 0 Å². The van der Waals surface area contributed by atoms with Crippen LogP contribution in [0.5, 0.6) is 0 Å². The molecule has 0 radical (unpaired) electrons.